The molecular weight excluding hydrogens is 366 g/mol. The normalized spacial score (nSPS) is 19.9. The minimum atomic E-state index is -3.61. The van der Waals surface area contributed by atoms with Crippen LogP contribution in [0.5, 0.6) is 0 Å². The highest BCUT2D eigenvalue weighted by Gasteiger charge is 2.30. The third-order valence-electron chi connectivity index (χ3n) is 5.35. The standard InChI is InChI=1S/C19H29N3O4S/c1-19(2,21-8-3-4-9-21)15-20-18(23)16-6-5-7-17(14-16)27(24,25)22-10-12-26-13-11-22/h5-7,14H,3-4,8-13,15H2,1-2H3,(H,20,23). The van der Waals surface area contributed by atoms with E-state index in [1.807, 2.05) is 0 Å². The van der Waals surface area contributed by atoms with Crippen LogP contribution in [0.4, 0.5) is 0 Å². The van der Waals surface area contributed by atoms with E-state index >= 15 is 0 Å². The van der Waals surface area contributed by atoms with Crippen molar-refractivity contribution in [3.63, 3.8) is 0 Å². The summed E-state index contributed by atoms with van der Waals surface area (Å²) >= 11 is 0. The number of benzene rings is 1. The molecule has 1 amide bonds. The summed E-state index contributed by atoms with van der Waals surface area (Å²) in [5, 5.41) is 2.97. The van der Waals surface area contributed by atoms with E-state index in [0.29, 0.717) is 38.4 Å². The monoisotopic (exact) mass is 395 g/mol. The molecule has 1 aromatic carbocycles. The Kier molecular flexibility index (Phi) is 6.20. The summed E-state index contributed by atoms with van der Waals surface area (Å²) in [4.78, 5) is 15.1. The van der Waals surface area contributed by atoms with Gasteiger partial charge in [-0.25, -0.2) is 8.42 Å². The van der Waals surface area contributed by atoms with Crippen LogP contribution in [0.1, 0.15) is 37.0 Å². The van der Waals surface area contributed by atoms with Crippen molar-refractivity contribution in [1.82, 2.24) is 14.5 Å². The second-order valence-electron chi connectivity index (χ2n) is 7.73. The minimum absolute atomic E-state index is 0.121. The molecule has 0 radical (unpaired) electrons. The SMILES string of the molecule is CC(C)(CNC(=O)c1cccc(S(=O)(=O)N2CCOCC2)c1)N1CCCC1. The maximum absolute atomic E-state index is 12.8. The summed E-state index contributed by atoms with van der Waals surface area (Å²) in [6, 6.07) is 6.27. The van der Waals surface area contributed by atoms with Crippen LogP contribution in [-0.4, -0.2) is 75.0 Å². The van der Waals surface area contributed by atoms with E-state index < -0.39 is 10.0 Å². The fourth-order valence-electron chi connectivity index (χ4n) is 3.57. The van der Waals surface area contributed by atoms with Gasteiger partial charge in [-0.05, 0) is 58.0 Å². The van der Waals surface area contributed by atoms with E-state index in [4.69, 9.17) is 4.74 Å². The number of carbonyl (C=O) groups excluding carboxylic acids is 1. The lowest BCUT2D eigenvalue weighted by molar-refractivity contribution is 0.0730. The molecule has 1 aromatic rings. The largest absolute Gasteiger partial charge is 0.379 e. The van der Waals surface area contributed by atoms with Crippen LogP contribution in [-0.2, 0) is 14.8 Å². The number of rotatable bonds is 6. The third kappa shape index (κ3) is 4.68. The number of amides is 1. The van der Waals surface area contributed by atoms with Crippen molar-refractivity contribution < 1.29 is 17.9 Å². The zero-order valence-electron chi connectivity index (χ0n) is 16.1. The Hall–Kier alpha value is -1.48. The van der Waals surface area contributed by atoms with Gasteiger partial charge in [-0.15, -0.1) is 0 Å². The maximum Gasteiger partial charge on any atom is 0.251 e. The van der Waals surface area contributed by atoms with Crippen LogP contribution in [0.25, 0.3) is 0 Å². The Bertz CT molecular complexity index is 767. The Morgan fingerprint density at radius 2 is 1.81 bits per heavy atom. The topological polar surface area (TPSA) is 79.0 Å². The number of sulfonamides is 1. The molecule has 2 aliphatic heterocycles. The highest BCUT2D eigenvalue weighted by atomic mass is 32.2. The highest BCUT2D eigenvalue weighted by Crippen LogP contribution is 2.21. The van der Waals surface area contributed by atoms with Crippen molar-refractivity contribution in [2.24, 2.45) is 0 Å². The molecule has 0 aromatic heterocycles. The summed E-state index contributed by atoms with van der Waals surface area (Å²) < 4.78 is 32.2. The summed E-state index contributed by atoms with van der Waals surface area (Å²) in [5.74, 6) is -0.249. The third-order valence-corrected chi connectivity index (χ3v) is 7.24. The van der Waals surface area contributed by atoms with E-state index in [2.05, 4.69) is 24.1 Å². The lowest BCUT2D eigenvalue weighted by Gasteiger charge is -2.35. The number of nitrogens with zero attached hydrogens (tertiary/aromatic N) is 2. The summed E-state index contributed by atoms with van der Waals surface area (Å²) in [7, 11) is -3.61. The van der Waals surface area contributed by atoms with Gasteiger partial charge in [0.2, 0.25) is 10.0 Å². The van der Waals surface area contributed by atoms with E-state index in [1.54, 1.807) is 12.1 Å². The van der Waals surface area contributed by atoms with Crippen LogP contribution < -0.4 is 5.32 Å². The molecule has 0 aliphatic carbocycles. The number of ether oxygens (including phenoxy) is 1. The molecule has 2 aliphatic rings. The number of carbonyl (C=O) groups is 1. The average molecular weight is 396 g/mol. The van der Waals surface area contributed by atoms with Crippen molar-refractivity contribution in [2.75, 3.05) is 45.9 Å². The van der Waals surface area contributed by atoms with Gasteiger partial charge in [-0.3, -0.25) is 9.69 Å². The molecule has 0 spiro atoms. The predicted octanol–water partition coefficient (Wildman–Crippen LogP) is 1.31. The van der Waals surface area contributed by atoms with Gasteiger partial charge in [-0.1, -0.05) is 6.07 Å². The van der Waals surface area contributed by atoms with Gasteiger partial charge in [0.15, 0.2) is 0 Å². The number of hydrogen-bond acceptors (Lipinski definition) is 5. The molecule has 2 heterocycles. The Balaban J connectivity index is 1.68. The molecule has 2 fully saturated rings. The van der Waals surface area contributed by atoms with Crippen LogP contribution >= 0.6 is 0 Å². The number of morpholine rings is 1. The summed E-state index contributed by atoms with van der Waals surface area (Å²) in [5.41, 5.74) is 0.241. The number of likely N-dealkylation sites (tertiary alicyclic amines) is 1. The highest BCUT2D eigenvalue weighted by molar-refractivity contribution is 7.89. The van der Waals surface area contributed by atoms with Crippen molar-refractivity contribution in [3.05, 3.63) is 29.8 Å². The first-order valence-electron chi connectivity index (χ1n) is 9.52. The molecule has 1 N–H and O–H groups in total. The molecule has 0 atom stereocenters. The van der Waals surface area contributed by atoms with Crippen molar-refractivity contribution >= 4 is 15.9 Å². The Morgan fingerprint density at radius 1 is 1.15 bits per heavy atom. The van der Waals surface area contributed by atoms with Crippen molar-refractivity contribution in [3.8, 4) is 0 Å². The fraction of sp³-hybridized carbons (Fsp3) is 0.632. The Morgan fingerprint density at radius 3 is 2.48 bits per heavy atom. The second-order valence-corrected chi connectivity index (χ2v) is 9.67. The van der Waals surface area contributed by atoms with Gasteiger partial charge in [0, 0.05) is 30.7 Å². The Labute approximate surface area is 161 Å². The lowest BCUT2D eigenvalue weighted by atomic mass is 10.0. The second kappa shape index (κ2) is 8.26. The van der Waals surface area contributed by atoms with Gasteiger partial charge in [-0.2, -0.15) is 4.31 Å². The first kappa shape index (κ1) is 20.3. The molecule has 0 saturated carbocycles. The molecule has 27 heavy (non-hydrogen) atoms. The molecule has 2 saturated heterocycles. The summed E-state index contributed by atoms with van der Waals surface area (Å²) in [6.07, 6.45) is 2.39. The van der Waals surface area contributed by atoms with Crippen molar-refractivity contribution in [2.45, 2.75) is 37.1 Å². The number of nitrogens with one attached hydrogen (secondary N) is 1. The molecule has 3 rings (SSSR count). The maximum atomic E-state index is 12.8. The minimum Gasteiger partial charge on any atom is -0.379 e. The van der Waals surface area contributed by atoms with Gasteiger partial charge in [0.1, 0.15) is 0 Å². The van der Waals surface area contributed by atoms with E-state index in [0.717, 1.165) is 13.1 Å². The van der Waals surface area contributed by atoms with Crippen LogP contribution in [0.3, 0.4) is 0 Å². The van der Waals surface area contributed by atoms with Gasteiger partial charge < -0.3 is 10.1 Å². The van der Waals surface area contributed by atoms with Crippen LogP contribution in [0.15, 0.2) is 29.2 Å². The smallest absolute Gasteiger partial charge is 0.251 e. The first-order chi connectivity index (χ1) is 12.8. The van der Waals surface area contributed by atoms with Gasteiger partial charge in [0.05, 0.1) is 18.1 Å². The molecular formula is C19H29N3O4S. The molecule has 0 unspecified atom stereocenters. The lowest BCUT2D eigenvalue weighted by Crippen LogP contribution is -2.50. The fourth-order valence-corrected chi connectivity index (χ4v) is 5.02. The average Bonchev–Trinajstić information content (AvgIpc) is 3.23. The van der Waals surface area contributed by atoms with E-state index in [-0.39, 0.29) is 16.3 Å². The van der Waals surface area contributed by atoms with E-state index in [9.17, 15) is 13.2 Å². The zero-order valence-corrected chi connectivity index (χ0v) is 16.9. The molecule has 150 valence electrons. The summed E-state index contributed by atoms with van der Waals surface area (Å²) in [6.45, 7) is 8.33. The molecule has 0 bridgehead atoms. The predicted molar refractivity (Wildman–Crippen MR) is 103 cm³/mol. The van der Waals surface area contributed by atoms with Crippen molar-refractivity contribution in [1.29, 1.82) is 0 Å². The molecule has 7 nitrogen and oxygen atoms in total. The zero-order chi connectivity index (χ0) is 19.5. The first-order valence-corrected chi connectivity index (χ1v) is 11.0. The van der Waals surface area contributed by atoms with E-state index in [1.165, 1.54) is 29.3 Å². The molecule has 8 heteroatoms. The number of hydrogen-bond donors (Lipinski definition) is 1. The van der Waals surface area contributed by atoms with Crippen LogP contribution in [0, 0.1) is 0 Å². The van der Waals surface area contributed by atoms with Gasteiger partial charge in [0.25, 0.3) is 5.91 Å². The van der Waals surface area contributed by atoms with Crippen LogP contribution in [0.2, 0.25) is 0 Å². The van der Waals surface area contributed by atoms with Gasteiger partial charge >= 0.3 is 0 Å². The quantitative estimate of drug-likeness (QED) is 0.786.